The molecule has 0 spiro atoms. The van der Waals surface area contributed by atoms with Crippen LogP contribution in [0, 0.1) is 0 Å². The number of hydrogen-bond acceptors (Lipinski definition) is 4. The van der Waals surface area contributed by atoms with E-state index in [1.807, 2.05) is 66.7 Å². The summed E-state index contributed by atoms with van der Waals surface area (Å²) in [5.74, 6) is 0.0569. The van der Waals surface area contributed by atoms with Crippen molar-refractivity contribution in [3.63, 3.8) is 0 Å². The van der Waals surface area contributed by atoms with Crippen LogP contribution in [0.2, 0.25) is 0 Å². The lowest BCUT2D eigenvalue weighted by Crippen LogP contribution is -2.43. The highest BCUT2D eigenvalue weighted by Crippen LogP contribution is 2.26. The Morgan fingerprint density at radius 1 is 0.933 bits per heavy atom. The molecule has 1 fully saturated rings. The van der Waals surface area contributed by atoms with Crippen LogP contribution in [-0.4, -0.2) is 49.6 Å². The molecule has 154 valence electrons. The van der Waals surface area contributed by atoms with Gasteiger partial charge < -0.3 is 19.7 Å². The van der Waals surface area contributed by atoms with Gasteiger partial charge in [0.05, 0.1) is 18.8 Å². The third kappa shape index (κ3) is 4.78. The second-order valence-electron chi connectivity index (χ2n) is 7.15. The molecule has 0 aliphatic carbocycles. The van der Waals surface area contributed by atoms with Crippen LogP contribution < -0.4 is 10.1 Å². The molecule has 0 bridgehead atoms. The summed E-state index contributed by atoms with van der Waals surface area (Å²) in [6.45, 7) is 2.49. The summed E-state index contributed by atoms with van der Waals surface area (Å²) in [6.07, 6.45) is 0. The first kappa shape index (κ1) is 19.9. The third-order valence-electron chi connectivity index (χ3n) is 5.10. The van der Waals surface area contributed by atoms with Crippen molar-refractivity contribution < 1.29 is 19.1 Å². The predicted octanol–water partition coefficient (Wildman–Crippen LogP) is 3.01. The Labute approximate surface area is 175 Å². The Morgan fingerprint density at radius 3 is 2.33 bits per heavy atom. The van der Waals surface area contributed by atoms with Crippen LogP contribution in [0.15, 0.2) is 66.7 Å². The topological polar surface area (TPSA) is 67.9 Å². The summed E-state index contributed by atoms with van der Waals surface area (Å²) < 4.78 is 11.1. The summed E-state index contributed by atoms with van der Waals surface area (Å²) in [6, 6.07) is 21.1. The Kier molecular flexibility index (Phi) is 6.25. The summed E-state index contributed by atoms with van der Waals surface area (Å²) in [5.41, 5.74) is 1.43. The Bertz CT molecular complexity index is 1030. The van der Waals surface area contributed by atoms with E-state index in [1.54, 1.807) is 4.90 Å². The number of fused-ring (bicyclic) bond motifs is 1. The second kappa shape index (κ2) is 9.41. The van der Waals surface area contributed by atoms with Gasteiger partial charge in [0.2, 0.25) is 0 Å². The smallest absolute Gasteiger partial charge is 0.260 e. The lowest BCUT2D eigenvalue weighted by atomic mass is 10.1. The number of rotatable bonds is 6. The van der Waals surface area contributed by atoms with Crippen LogP contribution in [0.3, 0.4) is 0 Å². The first-order valence-corrected chi connectivity index (χ1v) is 10.0. The Hall–Kier alpha value is -3.38. The van der Waals surface area contributed by atoms with E-state index in [1.165, 1.54) is 0 Å². The number of amides is 2. The van der Waals surface area contributed by atoms with Gasteiger partial charge in [0.1, 0.15) is 5.75 Å². The van der Waals surface area contributed by atoms with Gasteiger partial charge in [-0.15, -0.1) is 0 Å². The summed E-state index contributed by atoms with van der Waals surface area (Å²) >= 11 is 0. The standard InChI is InChI=1S/C24H24N2O4/c27-23(26-10-12-29-13-11-26)17-30-22-15-20-9-5-4-8-19(20)14-21(22)24(28)25-16-18-6-2-1-3-7-18/h1-9,14-15H,10-13,16-17H2,(H,25,28). The van der Waals surface area contributed by atoms with Crippen molar-refractivity contribution in [3.05, 3.63) is 77.9 Å². The molecule has 1 aliphatic rings. The zero-order valence-electron chi connectivity index (χ0n) is 16.7. The van der Waals surface area contributed by atoms with Gasteiger partial charge in [-0.05, 0) is 28.5 Å². The van der Waals surface area contributed by atoms with E-state index in [9.17, 15) is 9.59 Å². The maximum absolute atomic E-state index is 12.9. The van der Waals surface area contributed by atoms with Crippen molar-refractivity contribution in [2.45, 2.75) is 6.54 Å². The molecule has 1 aliphatic heterocycles. The highest BCUT2D eigenvalue weighted by atomic mass is 16.5. The number of nitrogens with one attached hydrogen (secondary N) is 1. The van der Waals surface area contributed by atoms with E-state index in [0.29, 0.717) is 44.2 Å². The molecule has 30 heavy (non-hydrogen) atoms. The van der Waals surface area contributed by atoms with Crippen molar-refractivity contribution >= 4 is 22.6 Å². The molecule has 6 heteroatoms. The van der Waals surface area contributed by atoms with Gasteiger partial charge in [0, 0.05) is 19.6 Å². The van der Waals surface area contributed by atoms with Gasteiger partial charge in [-0.25, -0.2) is 0 Å². The Balaban J connectivity index is 1.52. The van der Waals surface area contributed by atoms with Crippen molar-refractivity contribution in [2.24, 2.45) is 0 Å². The van der Waals surface area contributed by atoms with Crippen molar-refractivity contribution in [1.82, 2.24) is 10.2 Å². The van der Waals surface area contributed by atoms with E-state index in [2.05, 4.69) is 5.32 Å². The predicted molar refractivity (Wildman–Crippen MR) is 114 cm³/mol. The van der Waals surface area contributed by atoms with Crippen molar-refractivity contribution in [3.8, 4) is 5.75 Å². The molecular weight excluding hydrogens is 380 g/mol. The minimum Gasteiger partial charge on any atom is -0.483 e. The van der Waals surface area contributed by atoms with Crippen molar-refractivity contribution in [1.29, 1.82) is 0 Å². The van der Waals surface area contributed by atoms with Gasteiger partial charge in [-0.2, -0.15) is 0 Å². The quantitative estimate of drug-likeness (QED) is 0.686. The fourth-order valence-corrected chi connectivity index (χ4v) is 3.43. The van der Waals surface area contributed by atoms with Crippen LogP contribution in [0.25, 0.3) is 10.8 Å². The number of hydrogen-bond donors (Lipinski definition) is 1. The van der Waals surface area contributed by atoms with Crippen LogP contribution >= 0.6 is 0 Å². The fraction of sp³-hybridized carbons (Fsp3) is 0.250. The molecule has 2 amide bonds. The van der Waals surface area contributed by atoms with Gasteiger partial charge >= 0.3 is 0 Å². The van der Waals surface area contributed by atoms with Gasteiger partial charge in [-0.1, -0.05) is 54.6 Å². The summed E-state index contributed by atoms with van der Waals surface area (Å²) in [4.78, 5) is 27.1. The molecule has 1 heterocycles. The summed E-state index contributed by atoms with van der Waals surface area (Å²) in [7, 11) is 0. The molecule has 3 aromatic rings. The molecule has 3 aromatic carbocycles. The molecule has 1 N–H and O–H groups in total. The highest BCUT2D eigenvalue weighted by Gasteiger charge is 2.19. The first-order valence-electron chi connectivity index (χ1n) is 10.0. The van der Waals surface area contributed by atoms with Gasteiger partial charge in [0.25, 0.3) is 11.8 Å². The maximum Gasteiger partial charge on any atom is 0.260 e. The molecule has 0 saturated carbocycles. The zero-order valence-corrected chi connectivity index (χ0v) is 16.7. The summed E-state index contributed by atoms with van der Waals surface area (Å²) in [5, 5.41) is 4.83. The number of morpholine rings is 1. The zero-order chi connectivity index (χ0) is 20.8. The van der Waals surface area contributed by atoms with E-state index in [0.717, 1.165) is 16.3 Å². The molecule has 0 radical (unpaired) electrons. The van der Waals surface area contributed by atoms with E-state index < -0.39 is 0 Å². The first-order chi connectivity index (χ1) is 14.7. The fourth-order valence-electron chi connectivity index (χ4n) is 3.43. The second-order valence-corrected chi connectivity index (χ2v) is 7.15. The molecule has 6 nitrogen and oxygen atoms in total. The lowest BCUT2D eigenvalue weighted by Gasteiger charge is -2.26. The Morgan fingerprint density at radius 2 is 1.60 bits per heavy atom. The van der Waals surface area contributed by atoms with Crippen LogP contribution in [0.4, 0.5) is 0 Å². The molecule has 0 atom stereocenters. The minimum atomic E-state index is -0.238. The monoisotopic (exact) mass is 404 g/mol. The number of nitrogens with zero attached hydrogens (tertiary/aromatic N) is 1. The molecule has 1 saturated heterocycles. The third-order valence-corrected chi connectivity index (χ3v) is 5.10. The minimum absolute atomic E-state index is 0.109. The average molecular weight is 404 g/mol. The average Bonchev–Trinajstić information content (AvgIpc) is 2.81. The van der Waals surface area contributed by atoms with E-state index in [4.69, 9.17) is 9.47 Å². The molecule has 0 aromatic heterocycles. The normalized spacial score (nSPS) is 13.8. The number of ether oxygens (including phenoxy) is 2. The molecule has 0 unspecified atom stereocenters. The van der Waals surface area contributed by atoms with Crippen LogP contribution in [-0.2, 0) is 16.1 Å². The number of carbonyl (C=O) groups is 2. The molecule has 4 rings (SSSR count). The van der Waals surface area contributed by atoms with Crippen LogP contribution in [0.5, 0.6) is 5.75 Å². The number of benzene rings is 3. The maximum atomic E-state index is 12.9. The van der Waals surface area contributed by atoms with Crippen LogP contribution in [0.1, 0.15) is 15.9 Å². The van der Waals surface area contributed by atoms with E-state index in [-0.39, 0.29) is 18.4 Å². The van der Waals surface area contributed by atoms with Gasteiger partial charge in [0.15, 0.2) is 6.61 Å². The number of carbonyl (C=O) groups excluding carboxylic acids is 2. The highest BCUT2D eigenvalue weighted by molar-refractivity contribution is 6.01. The SMILES string of the molecule is O=C(NCc1ccccc1)c1cc2ccccc2cc1OCC(=O)N1CCOCC1. The largest absolute Gasteiger partial charge is 0.483 e. The molecular formula is C24H24N2O4. The van der Waals surface area contributed by atoms with Crippen molar-refractivity contribution in [2.75, 3.05) is 32.9 Å². The van der Waals surface area contributed by atoms with Gasteiger partial charge in [-0.3, -0.25) is 9.59 Å². The lowest BCUT2D eigenvalue weighted by molar-refractivity contribution is -0.137. The van der Waals surface area contributed by atoms with E-state index >= 15 is 0 Å².